The number of nitrogens with zero attached hydrogens (tertiary/aromatic N) is 1. The molecule has 94 valence electrons. The monoisotopic (exact) mass is 254 g/mol. The molecule has 0 aliphatic carbocycles. The van der Waals surface area contributed by atoms with Gasteiger partial charge in [0.25, 0.3) is 0 Å². The van der Waals surface area contributed by atoms with Crippen LogP contribution >= 0.6 is 11.6 Å². The number of hydrogen-bond donors (Lipinski definition) is 2. The summed E-state index contributed by atoms with van der Waals surface area (Å²) in [6.45, 7) is 4.09. The molecule has 1 aromatic carbocycles. The molecule has 1 aromatic rings. The summed E-state index contributed by atoms with van der Waals surface area (Å²) in [7, 11) is 0. The van der Waals surface area contributed by atoms with Crippen molar-refractivity contribution in [2.45, 2.75) is 25.4 Å². The fourth-order valence-electron chi connectivity index (χ4n) is 2.34. The van der Waals surface area contributed by atoms with E-state index < -0.39 is 5.60 Å². The SMILES string of the molecule is Cc1cc(Cl)ccc1N1CCC(O)(CN)CC1. The molecule has 0 unspecified atom stereocenters. The summed E-state index contributed by atoms with van der Waals surface area (Å²) in [5.74, 6) is 0. The number of hydrogen-bond acceptors (Lipinski definition) is 3. The minimum absolute atomic E-state index is 0.348. The minimum Gasteiger partial charge on any atom is -0.388 e. The van der Waals surface area contributed by atoms with Gasteiger partial charge in [0, 0.05) is 30.3 Å². The highest BCUT2D eigenvalue weighted by atomic mass is 35.5. The Labute approximate surface area is 107 Å². The van der Waals surface area contributed by atoms with Crippen molar-refractivity contribution >= 4 is 17.3 Å². The normalized spacial score (nSPS) is 19.4. The molecule has 0 bridgehead atoms. The molecule has 17 heavy (non-hydrogen) atoms. The van der Waals surface area contributed by atoms with Gasteiger partial charge in [0.05, 0.1) is 5.60 Å². The van der Waals surface area contributed by atoms with Gasteiger partial charge in [-0.25, -0.2) is 0 Å². The van der Waals surface area contributed by atoms with Crippen LogP contribution < -0.4 is 10.6 Å². The van der Waals surface area contributed by atoms with Crippen molar-refractivity contribution in [1.82, 2.24) is 0 Å². The van der Waals surface area contributed by atoms with Crippen molar-refractivity contribution in [2.75, 3.05) is 24.5 Å². The van der Waals surface area contributed by atoms with Crippen LogP contribution in [0.5, 0.6) is 0 Å². The van der Waals surface area contributed by atoms with Gasteiger partial charge in [-0.3, -0.25) is 0 Å². The van der Waals surface area contributed by atoms with E-state index in [1.807, 2.05) is 18.2 Å². The summed E-state index contributed by atoms with van der Waals surface area (Å²) in [6.07, 6.45) is 1.46. The molecular weight excluding hydrogens is 236 g/mol. The summed E-state index contributed by atoms with van der Waals surface area (Å²) in [5, 5.41) is 10.9. The van der Waals surface area contributed by atoms with Gasteiger partial charge in [0.2, 0.25) is 0 Å². The van der Waals surface area contributed by atoms with Gasteiger partial charge >= 0.3 is 0 Å². The fourth-order valence-corrected chi connectivity index (χ4v) is 2.57. The maximum atomic E-state index is 10.1. The third kappa shape index (κ3) is 2.73. The van der Waals surface area contributed by atoms with E-state index in [4.69, 9.17) is 17.3 Å². The Hall–Kier alpha value is -0.770. The Morgan fingerprint density at radius 2 is 2.06 bits per heavy atom. The summed E-state index contributed by atoms with van der Waals surface area (Å²) < 4.78 is 0. The number of halogens is 1. The predicted molar refractivity (Wildman–Crippen MR) is 71.6 cm³/mol. The van der Waals surface area contributed by atoms with E-state index >= 15 is 0 Å². The minimum atomic E-state index is -0.670. The Balaban J connectivity index is 2.10. The average Bonchev–Trinajstić information content (AvgIpc) is 2.31. The molecule has 0 radical (unpaired) electrons. The van der Waals surface area contributed by atoms with Crippen LogP contribution in [-0.4, -0.2) is 30.3 Å². The number of rotatable bonds is 2. The quantitative estimate of drug-likeness (QED) is 0.848. The summed E-state index contributed by atoms with van der Waals surface area (Å²) in [4.78, 5) is 2.29. The van der Waals surface area contributed by atoms with Crippen molar-refractivity contribution in [3.8, 4) is 0 Å². The smallest absolute Gasteiger partial charge is 0.0803 e. The van der Waals surface area contributed by atoms with E-state index in [9.17, 15) is 5.11 Å². The van der Waals surface area contributed by atoms with E-state index in [0.29, 0.717) is 6.54 Å². The highest BCUT2D eigenvalue weighted by Crippen LogP contribution is 2.29. The standard InChI is InChI=1S/C13H19ClN2O/c1-10-8-11(14)2-3-12(10)16-6-4-13(17,9-15)5-7-16/h2-3,8,17H,4-7,9,15H2,1H3. The molecule has 2 rings (SSSR count). The van der Waals surface area contributed by atoms with Crippen LogP contribution in [0, 0.1) is 6.92 Å². The van der Waals surface area contributed by atoms with Crippen LogP contribution in [0.4, 0.5) is 5.69 Å². The van der Waals surface area contributed by atoms with Crippen LogP contribution in [0.2, 0.25) is 5.02 Å². The molecule has 0 amide bonds. The third-order valence-corrected chi connectivity index (χ3v) is 3.81. The molecule has 0 spiro atoms. The number of nitrogens with two attached hydrogens (primary N) is 1. The summed E-state index contributed by atoms with van der Waals surface area (Å²) in [5.41, 5.74) is 7.29. The van der Waals surface area contributed by atoms with Crippen LogP contribution in [0.15, 0.2) is 18.2 Å². The van der Waals surface area contributed by atoms with Crippen molar-refractivity contribution in [3.63, 3.8) is 0 Å². The molecule has 1 aliphatic heterocycles. The van der Waals surface area contributed by atoms with E-state index in [0.717, 1.165) is 31.0 Å². The second-order valence-electron chi connectivity index (χ2n) is 4.85. The van der Waals surface area contributed by atoms with Gasteiger partial charge in [0.15, 0.2) is 0 Å². The zero-order valence-corrected chi connectivity index (χ0v) is 10.9. The van der Waals surface area contributed by atoms with E-state index in [2.05, 4.69) is 11.8 Å². The number of piperidine rings is 1. The van der Waals surface area contributed by atoms with E-state index in [1.165, 1.54) is 11.3 Å². The Kier molecular flexibility index (Phi) is 3.61. The predicted octanol–water partition coefficient (Wildman–Crippen LogP) is 1.94. The number of aryl methyl sites for hydroxylation is 1. The molecule has 3 N–H and O–H groups in total. The van der Waals surface area contributed by atoms with Crippen LogP contribution in [-0.2, 0) is 0 Å². The second kappa shape index (κ2) is 4.84. The molecule has 0 atom stereocenters. The molecule has 1 heterocycles. The van der Waals surface area contributed by atoms with Crippen LogP contribution in [0.3, 0.4) is 0 Å². The molecule has 1 aliphatic rings. The largest absolute Gasteiger partial charge is 0.388 e. The van der Waals surface area contributed by atoms with E-state index in [-0.39, 0.29) is 0 Å². The van der Waals surface area contributed by atoms with Crippen molar-refractivity contribution in [1.29, 1.82) is 0 Å². The molecule has 1 fully saturated rings. The van der Waals surface area contributed by atoms with Crippen molar-refractivity contribution < 1.29 is 5.11 Å². The topological polar surface area (TPSA) is 49.5 Å². The summed E-state index contributed by atoms with van der Waals surface area (Å²) in [6, 6.07) is 5.93. The lowest BCUT2D eigenvalue weighted by Gasteiger charge is -2.39. The zero-order chi connectivity index (χ0) is 12.5. The maximum absolute atomic E-state index is 10.1. The lowest BCUT2D eigenvalue weighted by Crippen LogP contribution is -2.48. The molecule has 3 nitrogen and oxygen atoms in total. The van der Waals surface area contributed by atoms with Gasteiger partial charge in [-0.05, 0) is 43.5 Å². The fraction of sp³-hybridized carbons (Fsp3) is 0.538. The molecular formula is C13H19ClN2O. The van der Waals surface area contributed by atoms with E-state index in [1.54, 1.807) is 0 Å². The molecule has 1 saturated heterocycles. The number of benzene rings is 1. The number of aliphatic hydroxyl groups is 1. The molecule has 4 heteroatoms. The highest BCUT2D eigenvalue weighted by Gasteiger charge is 2.31. The van der Waals surface area contributed by atoms with Gasteiger partial charge in [-0.2, -0.15) is 0 Å². The highest BCUT2D eigenvalue weighted by molar-refractivity contribution is 6.30. The van der Waals surface area contributed by atoms with Gasteiger partial charge in [-0.1, -0.05) is 11.6 Å². The van der Waals surface area contributed by atoms with Gasteiger partial charge in [0.1, 0.15) is 0 Å². The maximum Gasteiger partial charge on any atom is 0.0803 e. The van der Waals surface area contributed by atoms with Crippen LogP contribution in [0.1, 0.15) is 18.4 Å². The third-order valence-electron chi connectivity index (χ3n) is 3.57. The first-order chi connectivity index (χ1) is 8.04. The first kappa shape index (κ1) is 12.7. The molecule has 0 aromatic heterocycles. The zero-order valence-electron chi connectivity index (χ0n) is 10.1. The first-order valence-corrected chi connectivity index (χ1v) is 6.35. The first-order valence-electron chi connectivity index (χ1n) is 5.98. The molecule has 0 saturated carbocycles. The Morgan fingerprint density at radius 3 is 2.59 bits per heavy atom. The van der Waals surface area contributed by atoms with Gasteiger partial charge in [-0.15, -0.1) is 0 Å². The van der Waals surface area contributed by atoms with Crippen LogP contribution in [0.25, 0.3) is 0 Å². The Morgan fingerprint density at radius 1 is 1.41 bits per heavy atom. The van der Waals surface area contributed by atoms with Crippen molar-refractivity contribution in [3.05, 3.63) is 28.8 Å². The lowest BCUT2D eigenvalue weighted by molar-refractivity contribution is 0.0250. The Bertz CT molecular complexity index is 400. The summed E-state index contributed by atoms with van der Waals surface area (Å²) >= 11 is 5.95. The van der Waals surface area contributed by atoms with Crippen molar-refractivity contribution in [2.24, 2.45) is 5.73 Å². The number of anilines is 1. The second-order valence-corrected chi connectivity index (χ2v) is 5.28. The van der Waals surface area contributed by atoms with Gasteiger partial charge < -0.3 is 15.7 Å². The average molecular weight is 255 g/mol. The lowest BCUT2D eigenvalue weighted by atomic mass is 9.91.